The molecule has 0 saturated heterocycles. The first-order valence-corrected chi connectivity index (χ1v) is 2.22. The van der Waals surface area contributed by atoms with Crippen molar-refractivity contribution in [1.29, 1.82) is 0 Å². The first kappa shape index (κ1) is 6.30. The third-order valence-electron chi connectivity index (χ3n) is 0.503. The smallest absolute Gasteiger partial charge is 0.0265 e. The molecule has 0 aromatic heterocycles. The van der Waals surface area contributed by atoms with Crippen molar-refractivity contribution in [3.8, 4) is 0 Å². The number of hydrogen-bond acceptors (Lipinski definition) is 3. The van der Waals surface area contributed by atoms with Crippen molar-refractivity contribution in [2.45, 2.75) is 0 Å². The summed E-state index contributed by atoms with van der Waals surface area (Å²) in [4.78, 5) is 0. The van der Waals surface area contributed by atoms with Gasteiger partial charge >= 0.3 is 0 Å². The molecule has 3 nitrogen and oxygen atoms in total. The largest absolute Gasteiger partial charge is 0.403 e. The first-order valence-electron chi connectivity index (χ1n) is 2.22. The lowest BCUT2D eigenvalue weighted by Gasteiger charge is -1.91. The van der Waals surface area contributed by atoms with Crippen LogP contribution in [0.5, 0.6) is 0 Å². The zero-order chi connectivity index (χ0) is 5.54. The molecule has 0 aliphatic carbocycles. The van der Waals surface area contributed by atoms with Crippen LogP contribution in [0.4, 0.5) is 0 Å². The summed E-state index contributed by atoms with van der Waals surface area (Å²) in [5, 5.41) is 2.85. The van der Waals surface area contributed by atoms with E-state index in [0.29, 0.717) is 6.54 Å². The summed E-state index contributed by atoms with van der Waals surface area (Å²) >= 11 is 0. The molecule has 5 N–H and O–H groups in total. The molecule has 0 spiro atoms. The Morgan fingerprint density at radius 2 is 2.29 bits per heavy atom. The topological polar surface area (TPSA) is 64.1 Å². The van der Waals surface area contributed by atoms with Crippen LogP contribution in [0.1, 0.15) is 0 Å². The summed E-state index contributed by atoms with van der Waals surface area (Å²) in [6.07, 6.45) is 3.10. The lowest BCUT2D eigenvalue weighted by molar-refractivity contribution is 0.840. The highest BCUT2D eigenvalue weighted by Gasteiger charge is 1.68. The van der Waals surface area contributed by atoms with Gasteiger partial charge in [-0.15, -0.1) is 0 Å². The molecule has 0 fully saturated rings. The van der Waals surface area contributed by atoms with Crippen LogP contribution in [0.25, 0.3) is 0 Å². The molecular weight excluding hydrogens is 90.1 g/mol. The Balaban J connectivity index is 2.69. The average Bonchev–Trinajstić information content (AvgIpc) is 1.69. The van der Waals surface area contributed by atoms with Crippen LogP contribution in [-0.4, -0.2) is 13.1 Å². The van der Waals surface area contributed by atoms with Crippen LogP contribution in [0.2, 0.25) is 0 Å². The highest BCUT2D eigenvalue weighted by atomic mass is 14.9. The number of nitrogens with one attached hydrogen (secondary N) is 1. The van der Waals surface area contributed by atoms with Crippen molar-refractivity contribution in [3.05, 3.63) is 12.4 Å². The minimum Gasteiger partial charge on any atom is -0.403 e. The van der Waals surface area contributed by atoms with Gasteiger partial charge in [-0.1, -0.05) is 0 Å². The molecule has 0 aromatic carbocycles. The van der Waals surface area contributed by atoms with Crippen molar-refractivity contribution >= 4 is 0 Å². The minimum atomic E-state index is 0.643. The molecular formula is C4H11N3. The van der Waals surface area contributed by atoms with E-state index in [-0.39, 0.29) is 0 Å². The van der Waals surface area contributed by atoms with E-state index < -0.39 is 0 Å². The number of rotatable bonds is 3. The highest BCUT2D eigenvalue weighted by Crippen LogP contribution is 1.52. The SMILES string of the molecule is N/C=C\NCCN. The maximum absolute atomic E-state index is 5.13. The lowest BCUT2D eigenvalue weighted by atomic mass is 10.6. The van der Waals surface area contributed by atoms with E-state index in [1.807, 2.05) is 0 Å². The van der Waals surface area contributed by atoms with Gasteiger partial charge in [0, 0.05) is 25.5 Å². The predicted octanol–water partition coefficient (Wildman–Crippen LogP) is -1.04. The van der Waals surface area contributed by atoms with Crippen LogP contribution in [0, 0.1) is 0 Å². The quantitative estimate of drug-likeness (QED) is 0.398. The molecule has 0 radical (unpaired) electrons. The maximum atomic E-state index is 5.13. The van der Waals surface area contributed by atoms with E-state index in [4.69, 9.17) is 11.5 Å². The fourth-order valence-corrected chi connectivity index (χ4v) is 0.235. The van der Waals surface area contributed by atoms with E-state index in [1.165, 1.54) is 6.20 Å². The molecule has 0 aliphatic rings. The zero-order valence-corrected chi connectivity index (χ0v) is 4.22. The summed E-state index contributed by atoms with van der Waals surface area (Å²) in [5.41, 5.74) is 10.1. The van der Waals surface area contributed by atoms with E-state index >= 15 is 0 Å². The van der Waals surface area contributed by atoms with Gasteiger partial charge in [-0.25, -0.2) is 0 Å². The van der Waals surface area contributed by atoms with Crippen molar-refractivity contribution in [2.75, 3.05) is 13.1 Å². The highest BCUT2D eigenvalue weighted by molar-refractivity contribution is 4.71. The molecule has 42 valence electrons. The molecule has 3 heteroatoms. The third-order valence-corrected chi connectivity index (χ3v) is 0.503. The summed E-state index contributed by atoms with van der Waals surface area (Å²) in [5.74, 6) is 0. The summed E-state index contributed by atoms with van der Waals surface area (Å²) < 4.78 is 0. The monoisotopic (exact) mass is 101 g/mol. The molecule has 0 atom stereocenters. The Morgan fingerprint density at radius 3 is 2.71 bits per heavy atom. The predicted molar refractivity (Wildman–Crippen MR) is 30.4 cm³/mol. The Labute approximate surface area is 43.4 Å². The van der Waals surface area contributed by atoms with Gasteiger partial charge in [-0.05, 0) is 0 Å². The van der Waals surface area contributed by atoms with Gasteiger partial charge in [0.2, 0.25) is 0 Å². The first-order chi connectivity index (χ1) is 3.41. The van der Waals surface area contributed by atoms with E-state index in [0.717, 1.165) is 6.54 Å². The Kier molecular flexibility index (Phi) is 4.77. The van der Waals surface area contributed by atoms with Crippen molar-refractivity contribution < 1.29 is 0 Å². The molecule has 0 rings (SSSR count). The fourth-order valence-electron chi connectivity index (χ4n) is 0.235. The van der Waals surface area contributed by atoms with E-state index in [9.17, 15) is 0 Å². The van der Waals surface area contributed by atoms with Gasteiger partial charge in [0.15, 0.2) is 0 Å². The van der Waals surface area contributed by atoms with Crippen molar-refractivity contribution in [1.82, 2.24) is 5.32 Å². The Hall–Kier alpha value is -0.700. The second-order valence-corrected chi connectivity index (χ2v) is 1.10. The molecule has 0 unspecified atom stereocenters. The van der Waals surface area contributed by atoms with Crippen LogP contribution in [0.3, 0.4) is 0 Å². The molecule has 0 bridgehead atoms. The van der Waals surface area contributed by atoms with Crippen LogP contribution >= 0.6 is 0 Å². The van der Waals surface area contributed by atoms with E-state index in [1.54, 1.807) is 6.20 Å². The van der Waals surface area contributed by atoms with Crippen molar-refractivity contribution in [2.24, 2.45) is 11.5 Å². The summed E-state index contributed by atoms with van der Waals surface area (Å²) in [7, 11) is 0. The van der Waals surface area contributed by atoms with Crippen LogP contribution in [0.15, 0.2) is 12.4 Å². The zero-order valence-electron chi connectivity index (χ0n) is 4.22. The summed E-state index contributed by atoms with van der Waals surface area (Å²) in [6.45, 7) is 1.43. The van der Waals surface area contributed by atoms with Gasteiger partial charge in [0.05, 0.1) is 0 Å². The number of hydrogen-bond donors (Lipinski definition) is 3. The van der Waals surface area contributed by atoms with E-state index in [2.05, 4.69) is 5.32 Å². The van der Waals surface area contributed by atoms with Gasteiger partial charge < -0.3 is 16.8 Å². The summed E-state index contributed by atoms with van der Waals surface area (Å²) in [6, 6.07) is 0. The fraction of sp³-hybridized carbons (Fsp3) is 0.500. The van der Waals surface area contributed by atoms with Gasteiger partial charge in [0.25, 0.3) is 0 Å². The van der Waals surface area contributed by atoms with Gasteiger partial charge in [-0.3, -0.25) is 0 Å². The number of nitrogens with two attached hydrogens (primary N) is 2. The minimum absolute atomic E-state index is 0.643. The normalized spacial score (nSPS) is 9.86. The molecule has 0 heterocycles. The lowest BCUT2D eigenvalue weighted by Crippen LogP contribution is -2.17. The maximum Gasteiger partial charge on any atom is 0.0265 e. The Morgan fingerprint density at radius 1 is 1.57 bits per heavy atom. The van der Waals surface area contributed by atoms with Crippen LogP contribution in [-0.2, 0) is 0 Å². The molecule has 0 saturated carbocycles. The standard InChI is InChI=1S/C4H11N3/c5-1-3-7-4-2-6/h1,3,7H,2,4-6H2/b3-1-. The van der Waals surface area contributed by atoms with Crippen LogP contribution < -0.4 is 16.8 Å². The van der Waals surface area contributed by atoms with Crippen molar-refractivity contribution in [3.63, 3.8) is 0 Å². The third kappa shape index (κ3) is 5.30. The molecule has 7 heavy (non-hydrogen) atoms. The second kappa shape index (κ2) is 5.30. The average molecular weight is 101 g/mol. The molecule has 0 aliphatic heterocycles. The second-order valence-electron chi connectivity index (χ2n) is 1.10. The molecule has 0 aromatic rings. The Bertz CT molecular complexity index is 50.9. The van der Waals surface area contributed by atoms with Gasteiger partial charge in [0.1, 0.15) is 0 Å². The van der Waals surface area contributed by atoms with Gasteiger partial charge in [-0.2, -0.15) is 0 Å². The molecule has 0 amide bonds.